The Bertz CT molecular complexity index is 544. The number of rotatable bonds is 9. The van der Waals surface area contributed by atoms with E-state index in [0.29, 0.717) is 12.8 Å². The van der Waals surface area contributed by atoms with Gasteiger partial charge in [0.05, 0.1) is 14.2 Å². The largest absolute Gasteiger partial charge is 0.497 e. The molecule has 1 N–H and O–H groups in total. The number of aryl methyl sites for hydroxylation is 1. The summed E-state index contributed by atoms with van der Waals surface area (Å²) in [6.45, 7) is 8.86. The van der Waals surface area contributed by atoms with Crippen LogP contribution in [0.3, 0.4) is 0 Å². The van der Waals surface area contributed by atoms with Crippen LogP contribution in [-0.2, 0) is 11.2 Å². The third kappa shape index (κ3) is 6.87. The molecule has 1 saturated heterocycles. The average Bonchev–Trinajstić information content (AvgIpc) is 2.62. The number of ether oxygens (including phenoxy) is 2. The number of hydrogen-bond acceptors (Lipinski definition) is 4. The lowest BCUT2D eigenvalue weighted by atomic mass is 9.92. The highest BCUT2D eigenvalue weighted by molar-refractivity contribution is 5.76. The zero-order valence-electron chi connectivity index (χ0n) is 16.7. The van der Waals surface area contributed by atoms with Gasteiger partial charge in [0.25, 0.3) is 0 Å². The third-order valence-corrected chi connectivity index (χ3v) is 4.97. The molecule has 0 radical (unpaired) electrons. The lowest BCUT2D eigenvalue weighted by Gasteiger charge is -2.34. The van der Waals surface area contributed by atoms with Crippen molar-refractivity contribution in [3.8, 4) is 11.5 Å². The lowest BCUT2D eigenvalue weighted by molar-refractivity contribution is -0.121. The second-order valence-electron chi connectivity index (χ2n) is 7.63. The number of carbonyl (C=O) groups is 1. The molecule has 1 fully saturated rings. The number of methoxy groups -OCH3 is 2. The van der Waals surface area contributed by atoms with E-state index in [1.807, 2.05) is 18.2 Å². The van der Waals surface area contributed by atoms with E-state index >= 15 is 0 Å². The van der Waals surface area contributed by atoms with Crippen LogP contribution in [0.25, 0.3) is 0 Å². The molecule has 1 aromatic carbocycles. The molecule has 5 nitrogen and oxygen atoms in total. The number of piperidine rings is 1. The summed E-state index contributed by atoms with van der Waals surface area (Å²) in [7, 11) is 3.27. The van der Waals surface area contributed by atoms with Crippen molar-refractivity contribution in [1.82, 2.24) is 10.2 Å². The zero-order chi connectivity index (χ0) is 18.9. The molecule has 146 valence electrons. The van der Waals surface area contributed by atoms with Gasteiger partial charge in [-0.2, -0.15) is 0 Å². The summed E-state index contributed by atoms with van der Waals surface area (Å²) in [6.07, 6.45) is 3.51. The van der Waals surface area contributed by atoms with Gasteiger partial charge in [-0.1, -0.05) is 13.8 Å². The molecule has 26 heavy (non-hydrogen) atoms. The monoisotopic (exact) mass is 362 g/mol. The molecular formula is C21H34N2O3. The Morgan fingerprint density at radius 1 is 1.12 bits per heavy atom. The molecule has 2 atom stereocenters. The van der Waals surface area contributed by atoms with Crippen LogP contribution in [0.15, 0.2) is 18.2 Å². The molecule has 0 bridgehead atoms. The molecule has 1 amide bonds. The Hall–Kier alpha value is -1.75. The maximum Gasteiger partial charge on any atom is 0.220 e. The zero-order valence-corrected chi connectivity index (χ0v) is 16.7. The van der Waals surface area contributed by atoms with E-state index in [4.69, 9.17) is 9.47 Å². The molecule has 1 heterocycles. The number of nitrogens with one attached hydrogen (secondary N) is 1. The minimum Gasteiger partial charge on any atom is -0.497 e. The molecule has 1 aliphatic heterocycles. The lowest BCUT2D eigenvalue weighted by Crippen LogP contribution is -2.40. The summed E-state index contributed by atoms with van der Waals surface area (Å²) in [5.74, 6) is 3.18. The van der Waals surface area contributed by atoms with Crippen LogP contribution >= 0.6 is 0 Å². The highest BCUT2D eigenvalue weighted by atomic mass is 16.5. The van der Waals surface area contributed by atoms with Crippen molar-refractivity contribution in [2.24, 2.45) is 11.8 Å². The van der Waals surface area contributed by atoms with E-state index in [1.54, 1.807) is 14.2 Å². The predicted octanol–water partition coefficient (Wildman–Crippen LogP) is 3.12. The molecule has 2 rings (SSSR count). The standard InChI is InChI=1S/C21H34N2O3/c1-16-10-17(2)15-23(14-16)9-5-8-22-21(24)7-6-18-11-19(25-3)13-20(12-18)26-4/h11-13,16-17H,5-10,14-15H2,1-4H3,(H,22,24)/t16-,17-/m0/s1. The molecule has 0 aromatic heterocycles. The fourth-order valence-electron chi connectivity index (χ4n) is 3.86. The molecule has 0 unspecified atom stereocenters. The Labute approximate surface area is 158 Å². The summed E-state index contributed by atoms with van der Waals surface area (Å²) in [6, 6.07) is 5.74. The second-order valence-corrected chi connectivity index (χ2v) is 7.63. The molecule has 1 aromatic rings. The minimum absolute atomic E-state index is 0.104. The van der Waals surface area contributed by atoms with E-state index in [1.165, 1.54) is 19.5 Å². The molecule has 5 heteroatoms. The average molecular weight is 363 g/mol. The van der Waals surface area contributed by atoms with Crippen LogP contribution < -0.4 is 14.8 Å². The third-order valence-electron chi connectivity index (χ3n) is 4.97. The topological polar surface area (TPSA) is 50.8 Å². The van der Waals surface area contributed by atoms with E-state index in [2.05, 4.69) is 24.1 Å². The van der Waals surface area contributed by atoms with Gasteiger partial charge in [0.2, 0.25) is 5.91 Å². The summed E-state index contributed by atoms with van der Waals surface area (Å²) in [5.41, 5.74) is 1.05. The molecule has 1 aliphatic rings. The Balaban J connectivity index is 1.66. The van der Waals surface area contributed by atoms with Crippen molar-refractivity contribution in [3.63, 3.8) is 0 Å². The van der Waals surface area contributed by atoms with Crippen molar-refractivity contribution >= 4 is 5.91 Å². The van der Waals surface area contributed by atoms with Crippen molar-refractivity contribution < 1.29 is 14.3 Å². The van der Waals surface area contributed by atoms with Gasteiger partial charge in [-0.05, 0) is 55.3 Å². The van der Waals surface area contributed by atoms with Gasteiger partial charge < -0.3 is 19.7 Å². The summed E-state index contributed by atoms with van der Waals surface area (Å²) >= 11 is 0. The number of benzene rings is 1. The minimum atomic E-state index is 0.104. The Morgan fingerprint density at radius 3 is 2.31 bits per heavy atom. The second kappa shape index (κ2) is 10.4. The predicted molar refractivity (Wildman–Crippen MR) is 105 cm³/mol. The highest BCUT2D eigenvalue weighted by Gasteiger charge is 2.21. The van der Waals surface area contributed by atoms with Gasteiger partial charge in [-0.15, -0.1) is 0 Å². The van der Waals surface area contributed by atoms with Crippen LogP contribution in [0.4, 0.5) is 0 Å². The molecule has 0 spiro atoms. The van der Waals surface area contributed by atoms with Crippen LogP contribution in [0.2, 0.25) is 0 Å². The van der Waals surface area contributed by atoms with E-state index in [-0.39, 0.29) is 5.91 Å². The summed E-state index contributed by atoms with van der Waals surface area (Å²) in [4.78, 5) is 14.6. The van der Waals surface area contributed by atoms with Crippen LogP contribution in [0.5, 0.6) is 11.5 Å². The van der Waals surface area contributed by atoms with Crippen LogP contribution in [0, 0.1) is 11.8 Å². The van der Waals surface area contributed by atoms with Gasteiger partial charge >= 0.3 is 0 Å². The van der Waals surface area contributed by atoms with Gasteiger partial charge in [0.1, 0.15) is 11.5 Å². The number of carbonyl (C=O) groups excluding carboxylic acids is 1. The first-order chi connectivity index (χ1) is 12.5. The van der Waals surface area contributed by atoms with Gasteiger partial charge in [-0.25, -0.2) is 0 Å². The van der Waals surface area contributed by atoms with Crippen molar-refractivity contribution in [3.05, 3.63) is 23.8 Å². The maximum atomic E-state index is 12.1. The van der Waals surface area contributed by atoms with Gasteiger partial charge in [-0.3, -0.25) is 4.79 Å². The van der Waals surface area contributed by atoms with E-state index < -0.39 is 0 Å². The van der Waals surface area contributed by atoms with Crippen molar-refractivity contribution in [2.75, 3.05) is 40.4 Å². The number of amides is 1. The first-order valence-corrected chi connectivity index (χ1v) is 9.71. The fourth-order valence-corrected chi connectivity index (χ4v) is 3.86. The quantitative estimate of drug-likeness (QED) is 0.686. The van der Waals surface area contributed by atoms with E-state index in [9.17, 15) is 4.79 Å². The summed E-state index contributed by atoms with van der Waals surface area (Å²) in [5, 5.41) is 3.04. The fraction of sp³-hybridized carbons (Fsp3) is 0.667. The molecular weight excluding hydrogens is 328 g/mol. The normalized spacial score (nSPS) is 20.6. The first-order valence-electron chi connectivity index (χ1n) is 9.71. The van der Waals surface area contributed by atoms with E-state index in [0.717, 1.165) is 48.4 Å². The molecule has 0 saturated carbocycles. The number of nitrogens with zero attached hydrogens (tertiary/aromatic N) is 1. The maximum absolute atomic E-state index is 12.1. The SMILES string of the molecule is COc1cc(CCC(=O)NCCCN2C[C@@H](C)C[C@H](C)C2)cc(OC)c1. The van der Waals surface area contributed by atoms with Crippen molar-refractivity contribution in [1.29, 1.82) is 0 Å². The van der Waals surface area contributed by atoms with Gasteiger partial charge in [0.15, 0.2) is 0 Å². The van der Waals surface area contributed by atoms with Crippen LogP contribution in [0.1, 0.15) is 38.7 Å². The Morgan fingerprint density at radius 2 is 1.73 bits per heavy atom. The highest BCUT2D eigenvalue weighted by Crippen LogP contribution is 2.23. The van der Waals surface area contributed by atoms with Crippen molar-refractivity contribution in [2.45, 2.75) is 39.5 Å². The molecule has 0 aliphatic carbocycles. The number of hydrogen-bond donors (Lipinski definition) is 1. The van der Waals surface area contributed by atoms with Gasteiger partial charge in [0, 0.05) is 32.1 Å². The first kappa shape index (κ1) is 20.6. The Kier molecular flexibility index (Phi) is 8.23. The smallest absolute Gasteiger partial charge is 0.220 e. The summed E-state index contributed by atoms with van der Waals surface area (Å²) < 4.78 is 10.5. The van der Waals surface area contributed by atoms with Crippen LogP contribution in [-0.4, -0.2) is 51.2 Å². The number of likely N-dealkylation sites (tertiary alicyclic amines) is 1.